The van der Waals surface area contributed by atoms with Gasteiger partial charge in [0.1, 0.15) is 0 Å². The Kier molecular flexibility index (Phi) is 4.54. The molecule has 2 rings (SSSR count). The van der Waals surface area contributed by atoms with E-state index in [2.05, 4.69) is 9.71 Å². The van der Waals surface area contributed by atoms with Gasteiger partial charge in [0, 0.05) is 11.8 Å². The number of carbonyl (C=O) groups is 2. The van der Waals surface area contributed by atoms with Gasteiger partial charge in [0.05, 0.1) is 0 Å². The van der Waals surface area contributed by atoms with E-state index in [1.165, 1.54) is 6.92 Å². The highest BCUT2D eigenvalue weighted by Gasteiger charge is 2.40. The van der Waals surface area contributed by atoms with Crippen molar-refractivity contribution in [3.8, 4) is 0 Å². The van der Waals surface area contributed by atoms with Gasteiger partial charge in [-0.05, 0) is 19.8 Å². The van der Waals surface area contributed by atoms with Gasteiger partial charge in [0.15, 0.2) is 5.25 Å². The van der Waals surface area contributed by atoms with Gasteiger partial charge in [-0.15, -0.1) is 0 Å². The minimum atomic E-state index is -3.87. The first-order valence-corrected chi connectivity index (χ1v) is 8.36. The van der Waals surface area contributed by atoms with Crippen molar-refractivity contribution < 1.29 is 18.0 Å². The van der Waals surface area contributed by atoms with Gasteiger partial charge in [0.25, 0.3) is 5.91 Å². The van der Waals surface area contributed by atoms with Crippen molar-refractivity contribution in [3.63, 3.8) is 0 Å². The average molecular weight is 301 g/mol. The number of nitrogens with zero attached hydrogens (tertiary/aromatic N) is 1. The smallest absolute Gasteiger partial charge is 0.275 e. The zero-order chi connectivity index (χ0) is 14.8. The number of hydrogen-bond donors (Lipinski definition) is 2. The van der Waals surface area contributed by atoms with Crippen LogP contribution in [0.2, 0.25) is 0 Å². The van der Waals surface area contributed by atoms with Crippen molar-refractivity contribution in [2.24, 2.45) is 4.99 Å². The van der Waals surface area contributed by atoms with Crippen LogP contribution < -0.4 is 10.0 Å². The summed E-state index contributed by atoms with van der Waals surface area (Å²) in [6.07, 6.45) is 5.74. The quantitative estimate of drug-likeness (QED) is 0.749. The van der Waals surface area contributed by atoms with Gasteiger partial charge in [-0.1, -0.05) is 25.7 Å². The van der Waals surface area contributed by atoms with Gasteiger partial charge in [-0.3, -0.25) is 10.1 Å². The molecule has 0 aromatic rings. The van der Waals surface area contributed by atoms with Crippen LogP contribution in [0.25, 0.3) is 0 Å². The molecule has 0 spiro atoms. The summed E-state index contributed by atoms with van der Waals surface area (Å²) in [6.45, 7) is 1.38. The summed E-state index contributed by atoms with van der Waals surface area (Å²) >= 11 is 0. The van der Waals surface area contributed by atoms with E-state index in [1.54, 1.807) is 0 Å². The molecule has 1 fully saturated rings. The molecular formula is C12H19N3O4S. The average Bonchev–Trinajstić information content (AvgIpc) is 2.54. The zero-order valence-electron chi connectivity index (χ0n) is 11.4. The Bertz CT molecular complexity index is 533. The third-order valence-corrected chi connectivity index (χ3v) is 5.46. The van der Waals surface area contributed by atoms with Gasteiger partial charge in [0.2, 0.25) is 10.0 Å². The first kappa shape index (κ1) is 15.1. The van der Waals surface area contributed by atoms with E-state index >= 15 is 0 Å². The summed E-state index contributed by atoms with van der Waals surface area (Å²) in [5.41, 5.74) is 0.0138. The van der Waals surface area contributed by atoms with E-state index in [0.717, 1.165) is 38.5 Å². The maximum Gasteiger partial charge on any atom is 0.347 e. The fourth-order valence-electron chi connectivity index (χ4n) is 2.67. The number of amides is 3. The molecule has 0 bridgehead atoms. The Hall–Kier alpha value is -1.28. The van der Waals surface area contributed by atoms with E-state index in [-0.39, 0.29) is 11.8 Å². The van der Waals surface area contributed by atoms with Crippen LogP contribution in [0.1, 0.15) is 45.4 Å². The Labute approximate surface area is 118 Å². The van der Waals surface area contributed by atoms with Crippen molar-refractivity contribution in [2.45, 2.75) is 56.7 Å². The lowest BCUT2D eigenvalue weighted by Crippen LogP contribution is -2.54. The van der Waals surface area contributed by atoms with Crippen LogP contribution in [0.3, 0.4) is 0 Å². The van der Waals surface area contributed by atoms with E-state index in [1.807, 2.05) is 5.32 Å². The summed E-state index contributed by atoms with van der Waals surface area (Å²) in [6, 6.07) is -0.950. The minimum absolute atomic E-state index is 0.0138. The Balaban J connectivity index is 2.15. The predicted octanol–water partition coefficient (Wildman–Crippen LogP) is 0.708. The molecule has 8 heteroatoms. The molecule has 1 atom stereocenters. The standard InChI is InChI=1S/C12H19N3O4S/c1-8-10(11(16)14-12(17)13-8)20(18,19)15-9-6-4-2-3-5-7-9/h9-10,15H,2-7H2,1H3,(H,14,16,17). The molecule has 0 radical (unpaired) electrons. The number of urea groups is 1. The molecule has 1 unspecified atom stereocenters. The lowest BCUT2D eigenvalue weighted by atomic mass is 10.1. The number of hydrogen-bond acceptors (Lipinski definition) is 4. The molecule has 0 aromatic carbocycles. The normalized spacial score (nSPS) is 25.9. The number of carbonyl (C=O) groups excluding carboxylic acids is 2. The molecule has 1 aliphatic carbocycles. The fraction of sp³-hybridized carbons (Fsp3) is 0.750. The molecule has 20 heavy (non-hydrogen) atoms. The second-order valence-electron chi connectivity index (χ2n) is 5.28. The summed E-state index contributed by atoms with van der Waals surface area (Å²) in [5.74, 6) is -0.830. The maximum absolute atomic E-state index is 12.3. The Morgan fingerprint density at radius 3 is 2.30 bits per heavy atom. The van der Waals surface area contributed by atoms with Crippen LogP contribution in [0, 0.1) is 0 Å². The third-order valence-electron chi connectivity index (χ3n) is 3.62. The number of nitrogens with one attached hydrogen (secondary N) is 2. The van der Waals surface area contributed by atoms with Crippen LogP contribution in [-0.2, 0) is 14.8 Å². The van der Waals surface area contributed by atoms with E-state index in [4.69, 9.17) is 0 Å². The number of sulfonamides is 1. The van der Waals surface area contributed by atoms with Crippen molar-refractivity contribution >= 4 is 27.7 Å². The molecule has 112 valence electrons. The predicted molar refractivity (Wildman–Crippen MR) is 74.0 cm³/mol. The Morgan fingerprint density at radius 1 is 1.15 bits per heavy atom. The summed E-state index contributed by atoms with van der Waals surface area (Å²) in [4.78, 5) is 26.3. The number of aliphatic imine (C=N–C) groups is 1. The van der Waals surface area contributed by atoms with Crippen LogP contribution in [-0.4, -0.2) is 37.4 Å². The first-order valence-electron chi connectivity index (χ1n) is 6.81. The molecule has 2 N–H and O–H groups in total. The van der Waals surface area contributed by atoms with E-state index in [0.29, 0.717) is 0 Å². The van der Waals surface area contributed by atoms with E-state index in [9.17, 15) is 18.0 Å². The molecule has 0 saturated heterocycles. The SMILES string of the molecule is CC1=NC(=O)NC(=O)C1S(=O)(=O)NC1CCCCCC1. The van der Waals surface area contributed by atoms with Crippen LogP contribution in [0.15, 0.2) is 4.99 Å². The second-order valence-corrected chi connectivity index (χ2v) is 7.08. The molecule has 0 aromatic heterocycles. The maximum atomic E-state index is 12.3. The van der Waals surface area contributed by atoms with Crippen molar-refractivity contribution in [2.75, 3.05) is 0 Å². The van der Waals surface area contributed by atoms with Crippen LogP contribution >= 0.6 is 0 Å². The van der Waals surface area contributed by atoms with Crippen LogP contribution in [0.5, 0.6) is 0 Å². The highest BCUT2D eigenvalue weighted by atomic mass is 32.2. The van der Waals surface area contributed by atoms with Crippen molar-refractivity contribution in [1.82, 2.24) is 10.0 Å². The van der Waals surface area contributed by atoms with Crippen LogP contribution in [0.4, 0.5) is 4.79 Å². The summed E-state index contributed by atoms with van der Waals surface area (Å²) in [7, 11) is -3.87. The summed E-state index contributed by atoms with van der Waals surface area (Å²) in [5, 5.41) is 0.517. The molecule has 1 aliphatic heterocycles. The number of rotatable bonds is 3. The molecule has 1 saturated carbocycles. The van der Waals surface area contributed by atoms with Gasteiger partial charge >= 0.3 is 6.03 Å². The summed E-state index contributed by atoms with van der Waals surface area (Å²) < 4.78 is 27.3. The molecule has 1 heterocycles. The highest BCUT2D eigenvalue weighted by molar-refractivity contribution is 7.91. The molecular weight excluding hydrogens is 282 g/mol. The van der Waals surface area contributed by atoms with Gasteiger partial charge in [-0.2, -0.15) is 0 Å². The molecule has 3 amide bonds. The monoisotopic (exact) mass is 301 g/mol. The first-order chi connectivity index (χ1) is 9.40. The van der Waals surface area contributed by atoms with E-state index < -0.39 is 27.2 Å². The topological polar surface area (TPSA) is 105 Å². The third kappa shape index (κ3) is 3.43. The largest absolute Gasteiger partial charge is 0.347 e. The number of imide groups is 1. The molecule has 2 aliphatic rings. The fourth-order valence-corrected chi connectivity index (χ4v) is 4.35. The zero-order valence-corrected chi connectivity index (χ0v) is 12.2. The minimum Gasteiger partial charge on any atom is -0.275 e. The van der Waals surface area contributed by atoms with Crippen molar-refractivity contribution in [3.05, 3.63) is 0 Å². The highest BCUT2D eigenvalue weighted by Crippen LogP contribution is 2.19. The second kappa shape index (κ2) is 6.01. The lowest BCUT2D eigenvalue weighted by Gasteiger charge is -2.23. The van der Waals surface area contributed by atoms with Crippen molar-refractivity contribution in [1.29, 1.82) is 0 Å². The molecule has 7 nitrogen and oxygen atoms in total. The Morgan fingerprint density at radius 2 is 1.75 bits per heavy atom. The lowest BCUT2D eigenvalue weighted by molar-refractivity contribution is -0.118. The van der Waals surface area contributed by atoms with Gasteiger partial charge in [-0.25, -0.2) is 22.9 Å². The van der Waals surface area contributed by atoms with Gasteiger partial charge < -0.3 is 0 Å².